The van der Waals surface area contributed by atoms with E-state index in [9.17, 15) is 4.79 Å². The van der Waals surface area contributed by atoms with E-state index in [0.29, 0.717) is 35.2 Å². The van der Waals surface area contributed by atoms with Crippen LogP contribution in [0.3, 0.4) is 0 Å². The molecule has 7 nitrogen and oxygen atoms in total. The van der Waals surface area contributed by atoms with Gasteiger partial charge in [-0.3, -0.25) is 4.79 Å². The van der Waals surface area contributed by atoms with Gasteiger partial charge in [-0.15, -0.1) is 0 Å². The van der Waals surface area contributed by atoms with E-state index in [0.717, 1.165) is 42.4 Å². The highest BCUT2D eigenvalue weighted by Crippen LogP contribution is 2.28. The van der Waals surface area contributed by atoms with E-state index in [-0.39, 0.29) is 5.91 Å². The highest BCUT2D eigenvalue weighted by molar-refractivity contribution is 6.30. The number of benzene rings is 2. The van der Waals surface area contributed by atoms with Gasteiger partial charge >= 0.3 is 0 Å². The summed E-state index contributed by atoms with van der Waals surface area (Å²) >= 11 is 5.93. The Morgan fingerprint density at radius 2 is 1.74 bits per heavy atom. The number of hydrogen-bond donors (Lipinski definition) is 2. The molecule has 35 heavy (non-hydrogen) atoms. The van der Waals surface area contributed by atoms with Crippen molar-refractivity contribution in [2.75, 3.05) is 30.9 Å². The summed E-state index contributed by atoms with van der Waals surface area (Å²) in [5.74, 6) is 2.53. The van der Waals surface area contributed by atoms with Crippen LogP contribution >= 0.6 is 11.6 Å². The molecule has 0 bridgehead atoms. The second kappa shape index (κ2) is 10.7. The minimum absolute atomic E-state index is 0.117. The Morgan fingerprint density at radius 1 is 1.06 bits per heavy atom. The molecule has 1 aliphatic carbocycles. The summed E-state index contributed by atoms with van der Waals surface area (Å²) in [4.78, 5) is 24.3. The first-order chi connectivity index (χ1) is 16.7. The maximum Gasteiger partial charge on any atom is 0.263 e. The van der Waals surface area contributed by atoms with Crippen LogP contribution in [-0.2, 0) is 4.79 Å². The van der Waals surface area contributed by atoms with Crippen molar-refractivity contribution in [3.63, 3.8) is 0 Å². The molecule has 1 aliphatic rings. The number of aromatic nitrogens is 2. The number of hydrogen-bond acceptors (Lipinski definition) is 6. The van der Waals surface area contributed by atoms with Gasteiger partial charge in [-0.2, -0.15) is 4.98 Å². The van der Waals surface area contributed by atoms with Crippen LogP contribution in [0.25, 0.3) is 10.9 Å². The van der Waals surface area contributed by atoms with Crippen molar-refractivity contribution in [1.29, 1.82) is 0 Å². The van der Waals surface area contributed by atoms with Gasteiger partial charge in [-0.1, -0.05) is 23.7 Å². The van der Waals surface area contributed by atoms with E-state index in [1.54, 1.807) is 38.1 Å². The first kappa shape index (κ1) is 25.0. The standard InChI is InChI=1S/C27H34ClN5O2/c1-27(2,35-21-15-11-19(28)12-16-21)25(34)29-17-18-9-13-20(14-10-18)30-26-31-23-8-6-5-7-22(23)24(32-26)33(3)4/h5-8,11-12,15-16,18,20H,9-10,13-14,17H2,1-4H3,(H,29,34)(H,30,31,32)/t18-,20+. The predicted molar refractivity (Wildman–Crippen MR) is 142 cm³/mol. The molecule has 1 heterocycles. The average Bonchev–Trinajstić information content (AvgIpc) is 2.84. The molecule has 1 aromatic heterocycles. The smallest absolute Gasteiger partial charge is 0.263 e. The van der Waals surface area contributed by atoms with Crippen molar-refractivity contribution in [2.45, 2.75) is 51.2 Å². The number of nitrogens with one attached hydrogen (secondary N) is 2. The summed E-state index contributed by atoms with van der Waals surface area (Å²) < 4.78 is 5.90. The molecule has 2 aromatic carbocycles. The highest BCUT2D eigenvalue weighted by Gasteiger charge is 2.31. The monoisotopic (exact) mass is 495 g/mol. The Morgan fingerprint density at radius 3 is 2.43 bits per heavy atom. The zero-order valence-corrected chi connectivity index (χ0v) is 21.6. The van der Waals surface area contributed by atoms with Crippen molar-refractivity contribution >= 4 is 40.2 Å². The summed E-state index contributed by atoms with van der Waals surface area (Å²) in [6, 6.07) is 15.4. The minimum atomic E-state index is -0.968. The van der Waals surface area contributed by atoms with Gasteiger partial charge in [0.15, 0.2) is 5.60 Å². The van der Waals surface area contributed by atoms with Crippen LogP contribution < -0.4 is 20.3 Å². The number of fused-ring (bicyclic) bond motifs is 1. The molecule has 4 rings (SSSR count). The Hall–Kier alpha value is -3.06. The van der Waals surface area contributed by atoms with E-state index in [2.05, 4.69) is 16.7 Å². The second-order valence-electron chi connectivity index (χ2n) is 9.92. The number of para-hydroxylation sites is 1. The fraction of sp³-hybridized carbons (Fsp3) is 0.444. The lowest BCUT2D eigenvalue weighted by atomic mass is 9.86. The third kappa shape index (κ3) is 6.34. The van der Waals surface area contributed by atoms with Gasteiger partial charge in [0.25, 0.3) is 5.91 Å². The lowest BCUT2D eigenvalue weighted by molar-refractivity contribution is -0.134. The number of ether oxygens (including phenoxy) is 1. The van der Waals surface area contributed by atoms with E-state index in [1.807, 2.05) is 37.2 Å². The average molecular weight is 496 g/mol. The first-order valence-corrected chi connectivity index (χ1v) is 12.5. The number of carbonyl (C=O) groups is 1. The Balaban J connectivity index is 1.27. The van der Waals surface area contributed by atoms with E-state index in [4.69, 9.17) is 26.3 Å². The minimum Gasteiger partial charge on any atom is -0.478 e. The fourth-order valence-electron chi connectivity index (χ4n) is 4.45. The lowest BCUT2D eigenvalue weighted by Gasteiger charge is -2.31. The number of nitrogens with zero attached hydrogens (tertiary/aromatic N) is 3. The zero-order chi connectivity index (χ0) is 25.0. The molecule has 0 unspecified atom stereocenters. The summed E-state index contributed by atoms with van der Waals surface area (Å²) in [6.07, 6.45) is 4.09. The Labute approximate surface area is 212 Å². The summed E-state index contributed by atoms with van der Waals surface area (Å²) in [6.45, 7) is 4.21. The normalized spacial score (nSPS) is 18.2. The van der Waals surface area contributed by atoms with Gasteiger partial charge in [0.05, 0.1) is 5.52 Å². The van der Waals surface area contributed by atoms with Crippen molar-refractivity contribution in [3.8, 4) is 5.75 Å². The third-order valence-corrected chi connectivity index (χ3v) is 6.72. The van der Waals surface area contributed by atoms with Crippen LogP contribution in [-0.4, -0.2) is 48.2 Å². The maximum atomic E-state index is 12.8. The van der Waals surface area contributed by atoms with Crippen LogP contribution in [0.15, 0.2) is 48.5 Å². The topological polar surface area (TPSA) is 79.4 Å². The van der Waals surface area contributed by atoms with E-state index in [1.165, 1.54) is 0 Å². The zero-order valence-electron chi connectivity index (χ0n) is 20.8. The van der Waals surface area contributed by atoms with Crippen LogP contribution in [0.2, 0.25) is 5.02 Å². The van der Waals surface area contributed by atoms with Gasteiger partial charge in [-0.25, -0.2) is 4.98 Å². The number of anilines is 2. The van der Waals surface area contributed by atoms with E-state index >= 15 is 0 Å². The van der Waals surface area contributed by atoms with Crippen LogP contribution in [0.5, 0.6) is 5.75 Å². The molecule has 1 saturated carbocycles. The predicted octanol–water partition coefficient (Wildman–Crippen LogP) is 5.29. The number of carbonyl (C=O) groups excluding carboxylic acids is 1. The Bertz CT molecular complexity index is 1160. The molecule has 2 N–H and O–H groups in total. The quantitative estimate of drug-likeness (QED) is 0.442. The fourth-order valence-corrected chi connectivity index (χ4v) is 4.58. The van der Waals surface area contributed by atoms with Crippen molar-refractivity contribution in [1.82, 2.24) is 15.3 Å². The summed E-state index contributed by atoms with van der Waals surface area (Å²) in [5.41, 5.74) is -0.0296. The van der Waals surface area contributed by atoms with Gasteiger partial charge in [0.2, 0.25) is 5.95 Å². The van der Waals surface area contributed by atoms with Crippen LogP contribution in [0.1, 0.15) is 39.5 Å². The maximum absolute atomic E-state index is 12.8. The highest BCUT2D eigenvalue weighted by atomic mass is 35.5. The first-order valence-electron chi connectivity index (χ1n) is 12.1. The molecule has 0 atom stereocenters. The van der Waals surface area contributed by atoms with Gasteiger partial charge < -0.3 is 20.3 Å². The molecule has 186 valence electrons. The summed E-state index contributed by atoms with van der Waals surface area (Å²) in [7, 11) is 4.00. The third-order valence-electron chi connectivity index (χ3n) is 6.47. The number of halogens is 1. The summed E-state index contributed by atoms with van der Waals surface area (Å²) in [5, 5.41) is 8.31. The molecular formula is C27H34ClN5O2. The molecule has 3 aromatic rings. The van der Waals surface area contributed by atoms with Gasteiger partial charge in [0.1, 0.15) is 11.6 Å². The molecule has 0 aliphatic heterocycles. The SMILES string of the molecule is CN(C)c1nc(N[C@H]2CC[C@@H](CNC(=O)C(C)(C)Oc3ccc(Cl)cc3)CC2)nc2ccccc12. The molecule has 0 spiro atoms. The second-order valence-corrected chi connectivity index (χ2v) is 10.4. The van der Waals surface area contributed by atoms with Gasteiger partial charge in [0, 0.05) is 37.1 Å². The largest absolute Gasteiger partial charge is 0.478 e. The molecule has 8 heteroatoms. The Kier molecular flexibility index (Phi) is 7.65. The number of amides is 1. The molecular weight excluding hydrogens is 462 g/mol. The van der Waals surface area contributed by atoms with Crippen molar-refractivity contribution in [2.24, 2.45) is 5.92 Å². The molecule has 0 saturated heterocycles. The van der Waals surface area contributed by atoms with E-state index < -0.39 is 5.60 Å². The molecule has 0 radical (unpaired) electrons. The number of rotatable bonds is 8. The van der Waals surface area contributed by atoms with Crippen LogP contribution in [0.4, 0.5) is 11.8 Å². The van der Waals surface area contributed by atoms with Crippen molar-refractivity contribution < 1.29 is 9.53 Å². The van der Waals surface area contributed by atoms with Gasteiger partial charge in [-0.05, 0) is 81.8 Å². The molecule has 1 amide bonds. The molecule has 1 fully saturated rings. The van der Waals surface area contributed by atoms with Crippen LogP contribution in [0, 0.1) is 5.92 Å². The lowest BCUT2D eigenvalue weighted by Crippen LogP contribution is -2.48. The van der Waals surface area contributed by atoms with Crippen molar-refractivity contribution in [3.05, 3.63) is 53.6 Å².